The summed E-state index contributed by atoms with van der Waals surface area (Å²) in [7, 11) is 0. The molecular formula is C22H23Cl4N3. The van der Waals surface area contributed by atoms with Crippen LogP contribution in [0.4, 0.5) is 5.69 Å². The van der Waals surface area contributed by atoms with Gasteiger partial charge in [0.15, 0.2) is 0 Å². The molecule has 29 heavy (non-hydrogen) atoms. The van der Waals surface area contributed by atoms with Crippen molar-refractivity contribution in [3.05, 3.63) is 58.6 Å². The zero-order valence-corrected chi connectivity index (χ0v) is 19.0. The lowest BCUT2D eigenvalue weighted by Gasteiger charge is -2.20. The summed E-state index contributed by atoms with van der Waals surface area (Å²) in [4.78, 5) is 7.08. The number of anilines is 1. The summed E-state index contributed by atoms with van der Waals surface area (Å²) in [6, 6.07) is 15.6. The number of alkyl halides is 2. The second kappa shape index (κ2) is 11.2. The first-order chi connectivity index (χ1) is 14.1. The first kappa shape index (κ1) is 22.5. The van der Waals surface area contributed by atoms with Crippen LogP contribution in [0.1, 0.15) is 6.42 Å². The molecular weight excluding hydrogens is 448 g/mol. The van der Waals surface area contributed by atoms with Crippen LogP contribution in [0.5, 0.6) is 0 Å². The Morgan fingerprint density at radius 1 is 0.828 bits per heavy atom. The maximum atomic E-state index is 6.21. The van der Waals surface area contributed by atoms with Crippen molar-refractivity contribution < 1.29 is 0 Å². The molecule has 0 saturated heterocycles. The largest absolute Gasteiger partial charge is 0.384 e. The Kier molecular flexibility index (Phi) is 8.70. The lowest BCUT2D eigenvalue weighted by molar-refractivity contribution is 0.306. The molecule has 1 aromatic heterocycles. The van der Waals surface area contributed by atoms with Gasteiger partial charge in [-0.1, -0.05) is 35.3 Å². The Morgan fingerprint density at radius 2 is 1.52 bits per heavy atom. The topological polar surface area (TPSA) is 28.2 Å². The molecule has 0 saturated carbocycles. The van der Waals surface area contributed by atoms with E-state index < -0.39 is 0 Å². The lowest BCUT2D eigenvalue weighted by atomic mass is 10.1. The van der Waals surface area contributed by atoms with E-state index in [0.29, 0.717) is 21.8 Å². The maximum Gasteiger partial charge on any atom is 0.0745 e. The maximum absolute atomic E-state index is 6.21. The molecule has 1 N–H and O–H groups in total. The van der Waals surface area contributed by atoms with Crippen molar-refractivity contribution in [1.82, 2.24) is 9.88 Å². The van der Waals surface area contributed by atoms with Gasteiger partial charge in [-0.3, -0.25) is 0 Å². The molecule has 0 aliphatic carbocycles. The van der Waals surface area contributed by atoms with E-state index in [9.17, 15) is 0 Å². The highest BCUT2D eigenvalue weighted by molar-refractivity contribution is 6.31. The summed E-state index contributed by atoms with van der Waals surface area (Å²) in [6.45, 7) is 3.49. The summed E-state index contributed by atoms with van der Waals surface area (Å²) in [5, 5.41) is 5.98. The molecule has 154 valence electrons. The zero-order chi connectivity index (χ0) is 20.6. The van der Waals surface area contributed by atoms with Crippen LogP contribution < -0.4 is 5.32 Å². The molecule has 0 aliphatic heterocycles. The fourth-order valence-corrected chi connectivity index (χ4v) is 3.99. The summed E-state index contributed by atoms with van der Waals surface area (Å²) in [5.74, 6) is 1.23. The molecule has 3 nitrogen and oxygen atoms in total. The number of nitrogens with zero attached hydrogens (tertiary/aromatic N) is 2. The molecule has 2 aromatic carbocycles. The van der Waals surface area contributed by atoms with E-state index in [4.69, 9.17) is 51.4 Å². The van der Waals surface area contributed by atoms with Crippen LogP contribution in [0.2, 0.25) is 10.0 Å². The van der Waals surface area contributed by atoms with Gasteiger partial charge in [0.1, 0.15) is 0 Å². The van der Waals surface area contributed by atoms with Gasteiger partial charge in [0.2, 0.25) is 0 Å². The van der Waals surface area contributed by atoms with Crippen LogP contribution >= 0.6 is 46.4 Å². The molecule has 0 amide bonds. The van der Waals surface area contributed by atoms with Crippen molar-refractivity contribution in [3.8, 4) is 11.3 Å². The Balaban J connectivity index is 1.79. The highest BCUT2D eigenvalue weighted by atomic mass is 35.5. The molecule has 0 unspecified atom stereocenters. The monoisotopic (exact) mass is 469 g/mol. The third kappa shape index (κ3) is 6.37. The highest BCUT2D eigenvalue weighted by Gasteiger charge is 2.09. The van der Waals surface area contributed by atoms with Crippen LogP contribution in [0.3, 0.4) is 0 Å². The lowest BCUT2D eigenvalue weighted by Crippen LogP contribution is -2.30. The van der Waals surface area contributed by atoms with Crippen LogP contribution in [0.25, 0.3) is 22.2 Å². The molecule has 0 atom stereocenters. The summed E-state index contributed by atoms with van der Waals surface area (Å²) < 4.78 is 0. The van der Waals surface area contributed by atoms with Gasteiger partial charge in [-0.2, -0.15) is 0 Å². The third-order valence-corrected chi connectivity index (χ3v) is 5.51. The fraction of sp³-hybridized carbons (Fsp3) is 0.318. The van der Waals surface area contributed by atoms with E-state index in [1.165, 1.54) is 0 Å². The number of hydrogen-bond acceptors (Lipinski definition) is 3. The molecule has 0 radical (unpaired) electrons. The van der Waals surface area contributed by atoms with Gasteiger partial charge in [-0.25, -0.2) is 4.98 Å². The molecule has 0 spiro atoms. The van der Waals surface area contributed by atoms with Gasteiger partial charge in [-0.05, 0) is 49.4 Å². The van der Waals surface area contributed by atoms with E-state index in [0.717, 1.165) is 60.4 Å². The van der Waals surface area contributed by atoms with Crippen LogP contribution in [0.15, 0.2) is 48.5 Å². The smallest absolute Gasteiger partial charge is 0.0745 e. The molecule has 0 aliphatic rings. The van der Waals surface area contributed by atoms with Crippen molar-refractivity contribution in [2.45, 2.75) is 6.42 Å². The van der Waals surface area contributed by atoms with Crippen molar-refractivity contribution in [2.75, 3.05) is 43.3 Å². The van der Waals surface area contributed by atoms with Gasteiger partial charge in [0.05, 0.1) is 11.2 Å². The van der Waals surface area contributed by atoms with Gasteiger partial charge in [-0.15, -0.1) is 23.2 Å². The average Bonchev–Trinajstić information content (AvgIpc) is 2.71. The number of pyridine rings is 1. The molecule has 1 heterocycles. The Labute approximate surface area is 191 Å². The minimum atomic E-state index is 0.616. The SMILES string of the molecule is ClCCN(CCCl)CCCNc1cc(-c2ccc(Cl)cc2)nc2cc(Cl)ccc12. The summed E-state index contributed by atoms with van der Waals surface area (Å²) in [5.41, 5.74) is 3.79. The predicted molar refractivity (Wildman–Crippen MR) is 128 cm³/mol. The van der Waals surface area contributed by atoms with Gasteiger partial charge in [0, 0.05) is 58.1 Å². The number of halogens is 4. The molecule has 7 heteroatoms. The minimum absolute atomic E-state index is 0.616. The minimum Gasteiger partial charge on any atom is -0.384 e. The normalized spacial score (nSPS) is 11.3. The van der Waals surface area contributed by atoms with E-state index in [2.05, 4.69) is 16.3 Å². The first-order valence-corrected chi connectivity index (χ1v) is 11.4. The van der Waals surface area contributed by atoms with Crippen molar-refractivity contribution in [3.63, 3.8) is 0 Å². The summed E-state index contributed by atoms with van der Waals surface area (Å²) >= 11 is 24.0. The number of benzene rings is 2. The quantitative estimate of drug-likeness (QED) is 0.261. The molecule has 0 bridgehead atoms. The number of nitrogens with one attached hydrogen (secondary N) is 1. The average molecular weight is 471 g/mol. The van der Waals surface area contributed by atoms with Crippen LogP contribution in [-0.4, -0.2) is 47.8 Å². The Bertz CT molecular complexity index is 925. The van der Waals surface area contributed by atoms with Crippen molar-refractivity contribution in [1.29, 1.82) is 0 Å². The molecule has 3 rings (SSSR count). The van der Waals surface area contributed by atoms with Crippen molar-refractivity contribution in [2.24, 2.45) is 0 Å². The number of aromatic nitrogens is 1. The van der Waals surface area contributed by atoms with Crippen LogP contribution in [-0.2, 0) is 0 Å². The number of hydrogen-bond donors (Lipinski definition) is 1. The number of rotatable bonds is 10. The van der Waals surface area contributed by atoms with Crippen molar-refractivity contribution >= 4 is 63.0 Å². The fourth-order valence-electron chi connectivity index (χ4n) is 3.22. The molecule has 3 aromatic rings. The highest BCUT2D eigenvalue weighted by Crippen LogP contribution is 2.30. The van der Waals surface area contributed by atoms with E-state index in [1.54, 1.807) is 0 Å². The Hall–Kier alpha value is -1.23. The zero-order valence-electron chi connectivity index (χ0n) is 16.0. The van der Waals surface area contributed by atoms with Gasteiger partial charge >= 0.3 is 0 Å². The predicted octanol–water partition coefficient (Wildman–Crippen LogP) is 6.79. The second-order valence-electron chi connectivity index (χ2n) is 6.72. The van der Waals surface area contributed by atoms with Gasteiger partial charge < -0.3 is 10.2 Å². The summed E-state index contributed by atoms with van der Waals surface area (Å²) in [6.07, 6.45) is 0.988. The van der Waals surface area contributed by atoms with Gasteiger partial charge in [0.25, 0.3) is 0 Å². The molecule has 0 fully saturated rings. The van der Waals surface area contributed by atoms with Crippen LogP contribution in [0, 0.1) is 0 Å². The first-order valence-electron chi connectivity index (χ1n) is 9.55. The van der Waals surface area contributed by atoms with E-state index >= 15 is 0 Å². The standard InChI is InChI=1S/C22H23Cl4N3/c23-8-12-29(13-9-24)11-1-10-27-21-15-20(16-2-4-17(25)5-3-16)28-22-14-18(26)6-7-19(21)22/h2-7,14-15H,1,8-13H2,(H,27,28). The third-order valence-electron chi connectivity index (χ3n) is 4.68. The second-order valence-corrected chi connectivity index (χ2v) is 8.35. The van der Waals surface area contributed by atoms with E-state index in [-0.39, 0.29) is 0 Å². The Morgan fingerprint density at radius 3 is 2.21 bits per heavy atom. The number of fused-ring (bicyclic) bond motifs is 1. The van der Waals surface area contributed by atoms with E-state index in [1.807, 2.05) is 42.5 Å².